The summed E-state index contributed by atoms with van der Waals surface area (Å²) in [7, 11) is 0. The molecule has 0 radical (unpaired) electrons. The molecule has 2 heterocycles. The molecule has 3 N–H and O–H groups in total. The first kappa shape index (κ1) is 17.6. The highest BCUT2D eigenvalue weighted by Crippen LogP contribution is 2.27. The Labute approximate surface area is 138 Å². The highest BCUT2D eigenvalue weighted by molar-refractivity contribution is 6.20. The SMILES string of the molecule is CC1=C(CCCCC(C(=O)O)C2=C(C)C(=O)NC2=O)C(=O)NC1=O. The number of carbonyl (C=O) groups is 5. The van der Waals surface area contributed by atoms with E-state index in [4.69, 9.17) is 0 Å². The molecule has 1 unspecified atom stereocenters. The second-order valence-corrected chi connectivity index (χ2v) is 5.85. The maximum Gasteiger partial charge on any atom is 0.311 e. The molecule has 0 saturated carbocycles. The number of rotatable bonds is 7. The average Bonchev–Trinajstić information content (AvgIpc) is 2.88. The fourth-order valence-electron chi connectivity index (χ4n) is 2.90. The molecule has 0 aromatic rings. The van der Waals surface area contributed by atoms with E-state index in [9.17, 15) is 29.1 Å². The largest absolute Gasteiger partial charge is 0.481 e. The first-order valence-electron chi connectivity index (χ1n) is 7.58. The van der Waals surface area contributed by atoms with Crippen molar-refractivity contribution in [1.29, 1.82) is 0 Å². The molecular formula is C16H18N2O6. The van der Waals surface area contributed by atoms with Crippen molar-refractivity contribution in [3.63, 3.8) is 0 Å². The summed E-state index contributed by atoms with van der Waals surface area (Å²) in [4.78, 5) is 57.6. The number of carboxylic acid groups (broad SMARTS) is 1. The highest BCUT2D eigenvalue weighted by Gasteiger charge is 2.36. The van der Waals surface area contributed by atoms with E-state index in [-0.39, 0.29) is 17.6 Å². The van der Waals surface area contributed by atoms with E-state index in [1.54, 1.807) is 6.92 Å². The molecule has 8 heteroatoms. The third-order valence-corrected chi connectivity index (χ3v) is 4.33. The maximum absolute atomic E-state index is 11.8. The van der Waals surface area contributed by atoms with Gasteiger partial charge in [0, 0.05) is 22.3 Å². The second kappa shape index (κ2) is 6.77. The summed E-state index contributed by atoms with van der Waals surface area (Å²) in [5, 5.41) is 13.6. The van der Waals surface area contributed by atoms with Crippen LogP contribution >= 0.6 is 0 Å². The summed E-state index contributed by atoms with van der Waals surface area (Å²) in [5.74, 6) is -4.27. The van der Waals surface area contributed by atoms with Gasteiger partial charge in [0.25, 0.3) is 23.6 Å². The van der Waals surface area contributed by atoms with Crippen molar-refractivity contribution in [2.24, 2.45) is 5.92 Å². The van der Waals surface area contributed by atoms with Gasteiger partial charge in [-0.05, 0) is 33.1 Å². The molecule has 0 aromatic carbocycles. The number of aliphatic carboxylic acids is 1. The van der Waals surface area contributed by atoms with Gasteiger partial charge in [0.05, 0.1) is 5.92 Å². The maximum atomic E-state index is 11.8. The van der Waals surface area contributed by atoms with Gasteiger partial charge in [-0.1, -0.05) is 6.42 Å². The van der Waals surface area contributed by atoms with Gasteiger partial charge in [0.2, 0.25) is 0 Å². The van der Waals surface area contributed by atoms with Crippen LogP contribution in [0.25, 0.3) is 0 Å². The third kappa shape index (κ3) is 3.27. The minimum atomic E-state index is -1.17. The third-order valence-electron chi connectivity index (χ3n) is 4.33. The summed E-state index contributed by atoms with van der Waals surface area (Å²) in [6, 6.07) is 0. The van der Waals surface area contributed by atoms with Gasteiger partial charge < -0.3 is 5.11 Å². The second-order valence-electron chi connectivity index (χ2n) is 5.85. The van der Waals surface area contributed by atoms with Crippen molar-refractivity contribution in [3.8, 4) is 0 Å². The van der Waals surface area contributed by atoms with Crippen LogP contribution in [0.15, 0.2) is 22.3 Å². The Hall–Kier alpha value is -2.77. The molecule has 0 aliphatic carbocycles. The van der Waals surface area contributed by atoms with Gasteiger partial charge in [-0.3, -0.25) is 34.6 Å². The van der Waals surface area contributed by atoms with E-state index >= 15 is 0 Å². The van der Waals surface area contributed by atoms with Crippen LogP contribution in [-0.2, 0) is 24.0 Å². The van der Waals surface area contributed by atoms with Crippen molar-refractivity contribution >= 4 is 29.6 Å². The average molecular weight is 334 g/mol. The Morgan fingerprint density at radius 3 is 1.96 bits per heavy atom. The van der Waals surface area contributed by atoms with Crippen molar-refractivity contribution in [2.45, 2.75) is 39.5 Å². The molecule has 1 atom stereocenters. The number of hydrogen-bond acceptors (Lipinski definition) is 5. The van der Waals surface area contributed by atoms with Crippen LogP contribution < -0.4 is 10.6 Å². The summed E-state index contributed by atoms with van der Waals surface area (Å²) < 4.78 is 0. The molecule has 24 heavy (non-hydrogen) atoms. The molecule has 0 spiro atoms. The Bertz CT molecular complexity index is 716. The van der Waals surface area contributed by atoms with Gasteiger partial charge in [-0.25, -0.2) is 0 Å². The summed E-state index contributed by atoms with van der Waals surface area (Å²) in [6.07, 6.45) is 1.47. The zero-order valence-electron chi connectivity index (χ0n) is 13.4. The zero-order valence-corrected chi connectivity index (χ0v) is 13.4. The van der Waals surface area contributed by atoms with Crippen LogP contribution in [0.4, 0.5) is 0 Å². The number of imide groups is 2. The van der Waals surface area contributed by atoms with Gasteiger partial charge in [-0.15, -0.1) is 0 Å². The van der Waals surface area contributed by atoms with E-state index < -0.39 is 35.5 Å². The van der Waals surface area contributed by atoms with Crippen LogP contribution in [0.1, 0.15) is 39.5 Å². The summed E-state index contributed by atoms with van der Waals surface area (Å²) in [5.41, 5.74) is 0.925. The molecule has 8 nitrogen and oxygen atoms in total. The number of amides is 4. The lowest BCUT2D eigenvalue weighted by molar-refractivity contribution is -0.141. The first-order chi connectivity index (χ1) is 11.2. The minimum absolute atomic E-state index is 0.00307. The number of carboxylic acids is 1. The molecule has 128 valence electrons. The molecule has 0 fully saturated rings. The molecule has 0 aromatic heterocycles. The van der Waals surface area contributed by atoms with E-state index in [0.29, 0.717) is 30.4 Å². The summed E-state index contributed by atoms with van der Waals surface area (Å²) in [6.45, 7) is 2.99. The number of unbranched alkanes of at least 4 members (excludes halogenated alkanes) is 1. The monoisotopic (exact) mass is 334 g/mol. The summed E-state index contributed by atoms with van der Waals surface area (Å²) >= 11 is 0. The van der Waals surface area contributed by atoms with Crippen LogP contribution in [0, 0.1) is 5.92 Å². The first-order valence-corrected chi connectivity index (χ1v) is 7.58. The van der Waals surface area contributed by atoms with Crippen LogP contribution in [0.2, 0.25) is 0 Å². The smallest absolute Gasteiger partial charge is 0.311 e. The van der Waals surface area contributed by atoms with E-state index in [0.717, 1.165) is 0 Å². The van der Waals surface area contributed by atoms with Gasteiger partial charge in [0.1, 0.15) is 0 Å². The van der Waals surface area contributed by atoms with Crippen molar-refractivity contribution in [1.82, 2.24) is 10.6 Å². The molecule has 2 aliphatic rings. The fourth-order valence-corrected chi connectivity index (χ4v) is 2.90. The van der Waals surface area contributed by atoms with Crippen molar-refractivity contribution in [2.75, 3.05) is 0 Å². The molecule has 0 bridgehead atoms. The molecule has 2 aliphatic heterocycles. The Kier molecular flexibility index (Phi) is 4.96. The van der Waals surface area contributed by atoms with E-state index in [1.165, 1.54) is 6.92 Å². The number of carbonyl (C=O) groups excluding carboxylic acids is 4. The van der Waals surface area contributed by atoms with Crippen molar-refractivity contribution in [3.05, 3.63) is 22.3 Å². The van der Waals surface area contributed by atoms with E-state index in [2.05, 4.69) is 10.6 Å². The Morgan fingerprint density at radius 1 is 0.917 bits per heavy atom. The van der Waals surface area contributed by atoms with Crippen LogP contribution in [0.5, 0.6) is 0 Å². The van der Waals surface area contributed by atoms with Gasteiger partial charge >= 0.3 is 5.97 Å². The number of nitrogens with one attached hydrogen (secondary N) is 2. The fraction of sp³-hybridized carbons (Fsp3) is 0.438. The lowest BCUT2D eigenvalue weighted by Crippen LogP contribution is -2.27. The van der Waals surface area contributed by atoms with Gasteiger partial charge in [-0.2, -0.15) is 0 Å². The van der Waals surface area contributed by atoms with E-state index in [1.807, 2.05) is 0 Å². The van der Waals surface area contributed by atoms with Crippen molar-refractivity contribution < 1.29 is 29.1 Å². The molecule has 4 amide bonds. The molecule has 2 rings (SSSR count). The quantitative estimate of drug-likeness (QED) is 0.450. The standard InChI is InChI=1S/C16H18N2O6/c1-7-9(14(21)17-12(7)19)5-3-4-6-10(16(23)24)11-8(2)13(20)18-15(11)22/h10H,3-6H2,1-2H3,(H,23,24)(H,17,19,21)(H,18,20,22). The zero-order chi connectivity index (χ0) is 18.0. The van der Waals surface area contributed by atoms with Gasteiger partial charge in [0.15, 0.2) is 0 Å². The number of hydrogen-bond donors (Lipinski definition) is 3. The lowest BCUT2D eigenvalue weighted by Gasteiger charge is -2.13. The highest BCUT2D eigenvalue weighted by atomic mass is 16.4. The Morgan fingerprint density at radius 2 is 1.50 bits per heavy atom. The molecular weight excluding hydrogens is 316 g/mol. The predicted molar refractivity (Wildman–Crippen MR) is 81.3 cm³/mol. The predicted octanol–water partition coefficient (Wildman–Crippen LogP) is 0.193. The minimum Gasteiger partial charge on any atom is -0.481 e. The molecule has 0 saturated heterocycles. The Balaban J connectivity index is 1.98. The topological polar surface area (TPSA) is 130 Å². The van der Waals surface area contributed by atoms with Crippen LogP contribution in [0.3, 0.4) is 0 Å². The normalized spacial score (nSPS) is 19.1. The lowest BCUT2D eigenvalue weighted by atomic mass is 9.90. The van der Waals surface area contributed by atoms with Crippen LogP contribution in [-0.4, -0.2) is 34.7 Å².